The van der Waals surface area contributed by atoms with Gasteiger partial charge in [0, 0.05) is 16.4 Å². The number of aromatic hydroxyl groups is 1. The number of nitrogens with one attached hydrogen (secondary N) is 1. The van der Waals surface area contributed by atoms with Gasteiger partial charge in [0.2, 0.25) is 11.8 Å². The van der Waals surface area contributed by atoms with Crippen LogP contribution in [0, 0.1) is 0 Å². The summed E-state index contributed by atoms with van der Waals surface area (Å²) in [6.45, 7) is 6.07. The number of rotatable bonds is 4. The van der Waals surface area contributed by atoms with E-state index in [1.807, 2.05) is 20.8 Å². The number of amides is 1. The first kappa shape index (κ1) is 15.4. The van der Waals surface area contributed by atoms with Gasteiger partial charge >= 0.3 is 0 Å². The van der Waals surface area contributed by atoms with E-state index in [1.165, 1.54) is 11.8 Å². The van der Waals surface area contributed by atoms with Gasteiger partial charge in [-0.05, 0) is 24.3 Å². The molecule has 0 aliphatic rings. The molecule has 0 saturated carbocycles. The zero-order valence-electron chi connectivity index (χ0n) is 12.2. The molecule has 2 aromatic rings. The van der Waals surface area contributed by atoms with Crippen molar-refractivity contribution in [3.05, 3.63) is 36.0 Å². The molecule has 1 aromatic heterocycles. The molecule has 0 atom stereocenters. The predicted molar refractivity (Wildman–Crippen MR) is 82.7 cm³/mol. The Hall–Kier alpha value is -1.95. The fraction of sp³-hybridized carbons (Fsp3) is 0.333. The molecule has 2 rings (SSSR count). The summed E-state index contributed by atoms with van der Waals surface area (Å²) in [5.41, 5.74) is 0.678. The lowest BCUT2D eigenvalue weighted by Crippen LogP contribution is -2.14. The van der Waals surface area contributed by atoms with Gasteiger partial charge in [0.15, 0.2) is 0 Å². The average Bonchev–Trinajstić information content (AvgIpc) is 2.86. The fourth-order valence-electron chi connectivity index (χ4n) is 1.55. The highest BCUT2D eigenvalue weighted by Gasteiger charge is 2.19. The number of thioether (sulfide) groups is 1. The molecule has 1 amide bonds. The Labute approximate surface area is 127 Å². The van der Waals surface area contributed by atoms with Gasteiger partial charge in [-0.15, -0.1) is 11.8 Å². The lowest BCUT2D eigenvalue weighted by atomic mass is 9.92. The predicted octanol–water partition coefficient (Wildman–Crippen LogP) is 3.41. The van der Waals surface area contributed by atoms with Crippen LogP contribution in [0.3, 0.4) is 0 Å². The van der Waals surface area contributed by atoms with Crippen LogP contribution in [0.25, 0.3) is 0 Å². The molecule has 21 heavy (non-hydrogen) atoms. The third-order valence-corrected chi connectivity index (χ3v) is 3.76. The van der Waals surface area contributed by atoms with Crippen LogP contribution in [-0.2, 0) is 10.2 Å². The second kappa shape index (κ2) is 6.22. The summed E-state index contributed by atoms with van der Waals surface area (Å²) in [6.07, 6.45) is 0. The van der Waals surface area contributed by atoms with Gasteiger partial charge in [0.25, 0.3) is 0 Å². The van der Waals surface area contributed by atoms with E-state index in [2.05, 4.69) is 10.5 Å². The molecule has 0 spiro atoms. The third kappa shape index (κ3) is 4.53. The van der Waals surface area contributed by atoms with Crippen molar-refractivity contribution in [3.63, 3.8) is 0 Å². The third-order valence-electron chi connectivity index (χ3n) is 2.75. The number of anilines is 1. The first-order valence-electron chi connectivity index (χ1n) is 6.53. The number of carbonyl (C=O) groups is 1. The highest BCUT2D eigenvalue weighted by molar-refractivity contribution is 8.00. The van der Waals surface area contributed by atoms with E-state index < -0.39 is 0 Å². The van der Waals surface area contributed by atoms with E-state index in [1.54, 1.807) is 30.3 Å². The largest absolute Gasteiger partial charge is 0.508 e. The second-order valence-electron chi connectivity index (χ2n) is 5.66. The number of hydrogen-bond donors (Lipinski definition) is 2. The summed E-state index contributed by atoms with van der Waals surface area (Å²) in [7, 11) is 0. The van der Waals surface area contributed by atoms with Crippen LogP contribution < -0.4 is 5.32 Å². The van der Waals surface area contributed by atoms with E-state index in [9.17, 15) is 9.90 Å². The molecule has 0 aliphatic carbocycles. The molecule has 6 heteroatoms. The zero-order chi connectivity index (χ0) is 15.5. The Kier molecular flexibility index (Phi) is 4.57. The quantitative estimate of drug-likeness (QED) is 0.847. The summed E-state index contributed by atoms with van der Waals surface area (Å²) in [5.74, 6) is 0.664. The number of nitrogens with zero attached hydrogens (tertiary/aromatic N) is 1. The summed E-state index contributed by atoms with van der Waals surface area (Å²) >= 11 is 1.38. The minimum atomic E-state index is -0.162. The maximum atomic E-state index is 11.8. The minimum Gasteiger partial charge on any atom is -0.508 e. The Morgan fingerprint density at radius 3 is 2.57 bits per heavy atom. The standard InChI is InChI=1S/C15H18N2O3S/c1-15(2,3)12-8-14(20-17-12)16-13(19)9-21-11-6-4-10(18)5-7-11/h4-8,18H,9H2,1-3H3,(H,16,19). The topological polar surface area (TPSA) is 75.4 Å². The van der Waals surface area contributed by atoms with Crippen LogP contribution in [0.15, 0.2) is 39.8 Å². The number of aromatic nitrogens is 1. The highest BCUT2D eigenvalue weighted by Crippen LogP contribution is 2.24. The van der Waals surface area contributed by atoms with E-state index in [0.717, 1.165) is 10.6 Å². The molecule has 0 fully saturated rings. The molecule has 1 heterocycles. The number of phenols is 1. The van der Waals surface area contributed by atoms with Gasteiger partial charge in [-0.25, -0.2) is 0 Å². The molecule has 5 nitrogen and oxygen atoms in total. The van der Waals surface area contributed by atoms with Gasteiger partial charge in [-0.3, -0.25) is 10.1 Å². The maximum Gasteiger partial charge on any atom is 0.237 e. The monoisotopic (exact) mass is 306 g/mol. The van der Waals surface area contributed by atoms with E-state index in [0.29, 0.717) is 5.88 Å². The summed E-state index contributed by atoms with van der Waals surface area (Å²) in [6, 6.07) is 8.45. The number of hydrogen-bond acceptors (Lipinski definition) is 5. The molecule has 0 aliphatic heterocycles. The molecule has 0 bridgehead atoms. The van der Waals surface area contributed by atoms with Gasteiger partial charge in [0.05, 0.1) is 11.4 Å². The summed E-state index contributed by atoms with van der Waals surface area (Å²) in [4.78, 5) is 12.8. The van der Waals surface area contributed by atoms with Crippen LogP contribution in [0.5, 0.6) is 5.75 Å². The lowest BCUT2D eigenvalue weighted by Gasteiger charge is -2.12. The summed E-state index contributed by atoms with van der Waals surface area (Å²) < 4.78 is 5.11. The molecular weight excluding hydrogens is 288 g/mol. The molecule has 112 valence electrons. The van der Waals surface area contributed by atoms with Crippen LogP contribution in [0.4, 0.5) is 5.88 Å². The van der Waals surface area contributed by atoms with Crippen molar-refractivity contribution in [1.29, 1.82) is 0 Å². The second-order valence-corrected chi connectivity index (χ2v) is 6.71. The molecule has 0 radical (unpaired) electrons. The fourth-order valence-corrected chi connectivity index (χ4v) is 2.25. The minimum absolute atomic E-state index is 0.118. The number of carbonyl (C=O) groups excluding carboxylic acids is 1. The first-order chi connectivity index (χ1) is 9.84. The smallest absolute Gasteiger partial charge is 0.237 e. The van der Waals surface area contributed by atoms with E-state index in [-0.39, 0.29) is 22.8 Å². The van der Waals surface area contributed by atoms with E-state index >= 15 is 0 Å². The Morgan fingerprint density at radius 2 is 2.00 bits per heavy atom. The zero-order valence-corrected chi connectivity index (χ0v) is 13.0. The number of phenolic OH excluding ortho intramolecular Hbond substituents is 1. The maximum absolute atomic E-state index is 11.8. The van der Waals surface area contributed by atoms with Crippen molar-refractivity contribution in [2.45, 2.75) is 31.1 Å². The average molecular weight is 306 g/mol. The van der Waals surface area contributed by atoms with Gasteiger partial charge in [-0.1, -0.05) is 25.9 Å². The van der Waals surface area contributed by atoms with Crippen molar-refractivity contribution in [1.82, 2.24) is 5.16 Å². The van der Waals surface area contributed by atoms with Crippen molar-refractivity contribution >= 4 is 23.6 Å². The Morgan fingerprint density at radius 1 is 1.33 bits per heavy atom. The highest BCUT2D eigenvalue weighted by atomic mass is 32.2. The number of benzene rings is 1. The Balaban J connectivity index is 1.87. The van der Waals surface area contributed by atoms with Crippen LogP contribution in [0.1, 0.15) is 26.5 Å². The van der Waals surface area contributed by atoms with Gasteiger partial charge in [0.1, 0.15) is 5.75 Å². The van der Waals surface area contributed by atoms with Crippen LogP contribution in [-0.4, -0.2) is 21.9 Å². The van der Waals surface area contributed by atoms with E-state index in [4.69, 9.17) is 4.52 Å². The molecule has 0 saturated heterocycles. The van der Waals surface area contributed by atoms with Gasteiger partial charge in [-0.2, -0.15) is 0 Å². The van der Waals surface area contributed by atoms with Crippen molar-refractivity contribution in [2.24, 2.45) is 0 Å². The molecule has 1 aromatic carbocycles. The lowest BCUT2D eigenvalue weighted by molar-refractivity contribution is -0.113. The van der Waals surface area contributed by atoms with Crippen LogP contribution >= 0.6 is 11.8 Å². The normalized spacial score (nSPS) is 11.4. The SMILES string of the molecule is CC(C)(C)c1cc(NC(=O)CSc2ccc(O)cc2)on1. The van der Waals surface area contributed by atoms with Crippen molar-refractivity contribution in [3.8, 4) is 5.75 Å². The molecule has 0 unspecified atom stereocenters. The molecule has 2 N–H and O–H groups in total. The van der Waals surface area contributed by atoms with Gasteiger partial charge < -0.3 is 9.63 Å². The van der Waals surface area contributed by atoms with Crippen molar-refractivity contribution < 1.29 is 14.4 Å². The van der Waals surface area contributed by atoms with Crippen molar-refractivity contribution in [2.75, 3.05) is 11.1 Å². The first-order valence-corrected chi connectivity index (χ1v) is 7.52. The Bertz CT molecular complexity index is 615. The summed E-state index contributed by atoms with van der Waals surface area (Å²) in [5, 5.41) is 15.8. The van der Waals surface area contributed by atoms with Crippen LogP contribution in [0.2, 0.25) is 0 Å². The molecular formula is C15H18N2O3S.